The maximum absolute atomic E-state index is 14.0. The molecule has 0 spiro atoms. The predicted molar refractivity (Wildman–Crippen MR) is 111 cm³/mol. The number of fused-ring (bicyclic) bond motifs is 1. The van der Waals surface area contributed by atoms with Gasteiger partial charge in [0.2, 0.25) is 0 Å². The van der Waals surface area contributed by atoms with Crippen molar-refractivity contribution < 1.29 is 23.1 Å². The summed E-state index contributed by atoms with van der Waals surface area (Å²) < 4.78 is 42.0. The minimum absolute atomic E-state index is 0.0348. The second-order valence-electron chi connectivity index (χ2n) is 7.20. The number of hydrogen-bond acceptors (Lipinski definition) is 4. The largest absolute Gasteiger partial charge is 0.416 e. The number of halogens is 4. The molecule has 0 unspecified atom stereocenters. The van der Waals surface area contributed by atoms with E-state index in [-0.39, 0.29) is 28.4 Å². The number of carbonyl (C=O) groups excluding carboxylic acids is 1. The van der Waals surface area contributed by atoms with E-state index in [9.17, 15) is 28.3 Å². The number of alkyl halides is 3. The van der Waals surface area contributed by atoms with E-state index < -0.39 is 28.8 Å². The molecule has 164 valence electrons. The summed E-state index contributed by atoms with van der Waals surface area (Å²) in [4.78, 5) is 16.6. The monoisotopic (exact) mass is 451 g/mol. The fourth-order valence-corrected chi connectivity index (χ4v) is 4.20. The molecule has 1 amide bonds. The van der Waals surface area contributed by atoms with Gasteiger partial charge in [0, 0.05) is 29.2 Å². The van der Waals surface area contributed by atoms with Crippen LogP contribution < -0.4 is 4.90 Å². The average Bonchev–Trinajstić information content (AvgIpc) is 2.95. The standard InChI is InChI=1S/C22H21ClF3N3O2/c1-3-28(4-2)9-10-29-18-12-14(13-27)11-16(22(24,25)26)19(18)21(31,20(29)30)15-7-5-6-8-17(15)23/h5-8,11-12,31H,3-4,9-10H2,1-2H3/t21-/m0/s1. The number of likely N-dealkylation sites (N-methyl/N-ethyl adjacent to an activating group) is 1. The molecule has 0 saturated carbocycles. The Morgan fingerprint density at radius 2 is 1.87 bits per heavy atom. The summed E-state index contributed by atoms with van der Waals surface area (Å²) in [5.74, 6) is -0.927. The fraction of sp³-hybridized carbons (Fsp3) is 0.364. The number of carbonyl (C=O) groups is 1. The molecule has 0 saturated heterocycles. The van der Waals surface area contributed by atoms with Crippen LogP contribution in [-0.4, -0.2) is 42.1 Å². The second-order valence-corrected chi connectivity index (χ2v) is 7.61. The normalized spacial score (nSPS) is 18.4. The van der Waals surface area contributed by atoms with E-state index in [1.165, 1.54) is 24.3 Å². The lowest BCUT2D eigenvalue weighted by Crippen LogP contribution is -2.44. The van der Waals surface area contributed by atoms with Crippen LogP contribution in [0.1, 0.15) is 36.1 Å². The molecule has 0 fully saturated rings. The van der Waals surface area contributed by atoms with Crippen molar-refractivity contribution in [2.24, 2.45) is 0 Å². The van der Waals surface area contributed by atoms with Crippen LogP contribution in [0.25, 0.3) is 0 Å². The number of amides is 1. The van der Waals surface area contributed by atoms with Gasteiger partial charge in [0.1, 0.15) is 0 Å². The minimum atomic E-state index is -4.90. The van der Waals surface area contributed by atoms with Crippen molar-refractivity contribution in [3.05, 3.63) is 63.7 Å². The molecule has 0 aliphatic carbocycles. The van der Waals surface area contributed by atoms with Gasteiger partial charge >= 0.3 is 6.18 Å². The molecule has 2 aromatic carbocycles. The first kappa shape index (κ1) is 23.1. The zero-order valence-corrected chi connectivity index (χ0v) is 17.8. The summed E-state index contributed by atoms with van der Waals surface area (Å²) in [5, 5.41) is 20.8. The van der Waals surface area contributed by atoms with E-state index in [2.05, 4.69) is 0 Å². The fourth-order valence-electron chi connectivity index (χ4n) is 3.93. The van der Waals surface area contributed by atoms with Gasteiger partial charge < -0.3 is 14.9 Å². The summed E-state index contributed by atoms with van der Waals surface area (Å²) in [7, 11) is 0. The van der Waals surface area contributed by atoms with Crippen molar-refractivity contribution in [2.45, 2.75) is 25.6 Å². The topological polar surface area (TPSA) is 67.6 Å². The number of hydrogen-bond donors (Lipinski definition) is 1. The van der Waals surface area contributed by atoms with E-state index >= 15 is 0 Å². The summed E-state index contributed by atoms with van der Waals surface area (Å²) in [6.45, 7) is 5.66. The Morgan fingerprint density at radius 1 is 1.23 bits per heavy atom. The van der Waals surface area contributed by atoms with Crippen LogP contribution in [0.4, 0.5) is 18.9 Å². The first-order chi connectivity index (χ1) is 14.6. The van der Waals surface area contributed by atoms with Crippen LogP contribution in [0, 0.1) is 11.3 Å². The molecule has 0 bridgehead atoms. The van der Waals surface area contributed by atoms with Crippen molar-refractivity contribution in [2.75, 3.05) is 31.1 Å². The van der Waals surface area contributed by atoms with Crippen LogP contribution in [0.5, 0.6) is 0 Å². The molecule has 1 atom stereocenters. The Bertz CT molecular complexity index is 1050. The highest BCUT2D eigenvalue weighted by Crippen LogP contribution is 2.51. The van der Waals surface area contributed by atoms with Gasteiger partial charge in [0.05, 0.1) is 22.9 Å². The van der Waals surface area contributed by atoms with Crippen LogP contribution in [0.15, 0.2) is 36.4 Å². The molecular formula is C22H21ClF3N3O2. The number of rotatable bonds is 6. The van der Waals surface area contributed by atoms with Gasteiger partial charge in [-0.15, -0.1) is 0 Å². The highest BCUT2D eigenvalue weighted by molar-refractivity contribution is 6.32. The molecule has 1 aliphatic rings. The van der Waals surface area contributed by atoms with Gasteiger partial charge in [0.25, 0.3) is 5.91 Å². The third kappa shape index (κ3) is 3.89. The van der Waals surface area contributed by atoms with Gasteiger partial charge in [-0.05, 0) is 31.3 Å². The zero-order valence-electron chi connectivity index (χ0n) is 17.0. The molecule has 3 rings (SSSR count). The SMILES string of the molecule is CCN(CC)CCN1C(=O)[C@](O)(c2ccccc2Cl)c2c1cc(C#N)cc2C(F)(F)F. The van der Waals surface area contributed by atoms with Gasteiger partial charge in [-0.2, -0.15) is 18.4 Å². The second kappa shape index (κ2) is 8.50. The lowest BCUT2D eigenvalue weighted by molar-refractivity contribution is -0.142. The van der Waals surface area contributed by atoms with E-state index in [0.29, 0.717) is 25.7 Å². The highest BCUT2D eigenvalue weighted by atomic mass is 35.5. The lowest BCUT2D eigenvalue weighted by Gasteiger charge is -2.27. The number of anilines is 1. The Balaban J connectivity index is 2.29. The molecule has 1 N–H and O–H groups in total. The molecule has 2 aromatic rings. The Kier molecular flexibility index (Phi) is 6.33. The zero-order chi connectivity index (χ0) is 23.0. The van der Waals surface area contributed by atoms with Crippen LogP contribution in [0.2, 0.25) is 5.02 Å². The molecule has 9 heteroatoms. The number of nitrogens with zero attached hydrogens (tertiary/aromatic N) is 3. The highest BCUT2D eigenvalue weighted by Gasteiger charge is 2.56. The van der Waals surface area contributed by atoms with E-state index in [4.69, 9.17) is 11.6 Å². The quantitative estimate of drug-likeness (QED) is 0.716. The molecular weight excluding hydrogens is 431 g/mol. The van der Waals surface area contributed by atoms with Crippen molar-refractivity contribution in [3.8, 4) is 6.07 Å². The minimum Gasteiger partial charge on any atom is -0.372 e. The van der Waals surface area contributed by atoms with Gasteiger partial charge in [-0.1, -0.05) is 43.6 Å². The first-order valence-corrected chi connectivity index (χ1v) is 10.1. The van der Waals surface area contributed by atoms with Crippen molar-refractivity contribution in [1.82, 2.24) is 4.90 Å². The van der Waals surface area contributed by atoms with Crippen molar-refractivity contribution in [1.29, 1.82) is 5.26 Å². The summed E-state index contributed by atoms with van der Waals surface area (Å²) in [6, 6.07) is 9.35. The maximum atomic E-state index is 14.0. The Labute approximate surface area is 183 Å². The van der Waals surface area contributed by atoms with Crippen LogP contribution in [-0.2, 0) is 16.6 Å². The van der Waals surface area contributed by atoms with Gasteiger partial charge in [-0.25, -0.2) is 0 Å². The molecule has 1 aliphatic heterocycles. The van der Waals surface area contributed by atoms with Crippen LogP contribution in [0.3, 0.4) is 0 Å². The number of benzene rings is 2. The molecule has 0 aromatic heterocycles. The Morgan fingerprint density at radius 3 is 2.42 bits per heavy atom. The van der Waals surface area contributed by atoms with Crippen molar-refractivity contribution >= 4 is 23.2 Å². The predicted octanol–water partition coefficient (Wildman–Crippen LogP) is 4.15. The average molecular weight is 452 g/mol. The van der Waals surface area contributed by atoms with Gasteiger partial charge in [0.15, 0.2) is 5.60 Å². The van der Waals surface area contributed by atoms with Crippen LogP contribution >= 0.6 is 11.6 Å². The first-order valence-electron chi connectivity index (χ1n) is 9.77. The molecule has 31 heavy (non-hydrogen) atoms. The van der Waals surface area contributed by atoms with E-state index in [0.717, 1.165) is 4.90 Å². The van der Waals surface area contributed by atoms with E-state index in [1.54, 1.807) is 12.1 Å². The maximum Gasteiger partial charge on any atom is 0.416 e. The number of aliphatic hydroxyl groups is 1. The summed E-state index contributed by atoms with van der Waals surface area (Å²) in [6.07, 6.45) is -4.90. The lowest BCUT2D eigenvalue weighted by atomic mass is 9.84. The third-order valence-electron chi connectivity index (χ3n) is 5.56. The molecule has 5 nitrogen and oxygen atoms in total. The smallest absolute Gasteiger partial charge is 0.372 e. The van der Waals surface area contributed by atoms with Crippen molar-refractivity contribution in [3.63, 3.8) is 0 Å². The third-order valence-corrected chi connectivity index (χ3v) is 5.89. The number of nitriles is 1. The molecule has 0 radical (unpaired) electrons. The molecule has 1 heterocycles. The van der Waals surface area contributed by atoms with E-state index in [1.807, 2.05) is 18.7 Å². The summed E-state index contributed by atoms with van der Waals surface area (Å²) in [5.41, 5.74) is -4.99. The Hall–Kier alpha value is -2.60. The summed E-state index contributed by atoms with van der Waals surface area (Å²) >= 11 is 6.20. The van der Waals surface area contributed by atoms with Gasteiger partial charge in [-0.3, -0.25) is 4.79 Å².